The maximum Gasteiger partial charge on any atom is 0.191 e. The average Bonchev–Trinajstić information content (AvgIpc) is 1.59. The van der Waals surface area contributed by atoms with Crippen molar-refractivity contribution in [1.29, 1.82) is 5.41 Å². The largest absolute Gasteiger partial charge is 0.511 e. The summed E-state index contributed by atoms with van der Waals surface area (Å²) in [7, 11) is 0. The maximum atomic E-state index is 10.3. The van der Waals surface area contributed by atoms with Crippen molar-refractivity contribution in [3.8, 4) is 0 Å². The van der Waals surface area contributed by atoms with Crippen LogP contribution in [0.25, 0.3) is 0 Å². The smallest absolute Gasteiger partial charge is 0.191 e. The molecule has 0 bridgehead atoms. The molecule has 1 unspecified atom stereocenters. The molecule has 0 aromatic carbocycles. The van der Waals surface area contributed by atoms with Crippen LogP contribution >= 0.6 is 0 Å². The molecule has 0 spiro atoms. The zero-order valence-corrected chi connectivity index (χ0v) is 6.53. The van der Waals surface area contributed by atoms with Crippen LogP contribution in [0.4, 0.5) is 0 Å². The lowest BCUT2D eigenvalue weighted by atomic mass is 10.3. The second kappa shape index (κ2) is 3.48. The fourth-order valence-electron chi connectivity index (χ4n) is 0.529. The predicted molar refractivity (Wildman–Crippen MR) is 39.5 cm³/mol. The van der Waals surface area contributed by atoms with E-state index in [1.54, 1.807) is 0 Å². The number of nitrogens with one attached hydrogen (secondary N) is 1. The van der Waals surface area contributed by atoms with E-state index < -0.39 is 11.1 Å². The van der Waals surface area contributed by atoms with Gasteiger partial charge in [-0.2, -0.15) is 0 Å². The van der Waals surface area contributed by atoms with E-state index >= 15 is 0 Å². The van der Waals surface area contributed by atoms with Gasteiger partial charge in [0, 0.05) is 0 Å². The van der Waals surface area contributed by atoms with Crippen LogP contribution in [0.5, 0.6) is 0 Å². The van der Waals surface area contributed by atoms with Crippen LogP contribution in [0.3, 0.4) is 0 Å². The summed E-state index contributed by atoms with van der Waals surface area (Å²) < 4.78 is 18.8. The molecule has 0 aromatic heterocycles. The van der Waals surface area contributed by atoms with Crippen molar-refractivity contribution in [3.05, 3.63) is 10.7 Å². The Morgan fingerprint density at radius 1 is 1.50 bits per heavy atom. The summed E-state index contributed by atoms with van der Waals surface area (Å²) in [5, 5.41) is 15.7. The lowest BCUT2D eigenvalue weighted by molar-refractivity contribution is 0.412. The van der Waals surface area contributed by atoms with E-state index in [1.807, 2.05) is 0 Å². The Morgan fingerprint density at radius 2 is 1.90 bits per heavy atom. The molecule has 0 fully saturated rings. The highest BCUT2D eigenvalue weighted by Gasteiger charge is 2.10. The van der Waals surface area contributed by atoms with Crippen molar-refractivity contribution in [3.63, 3.8) is 0 Å². The highest BCUT2D eigenvalue weighted by molar-refractivity contribution is 7.84. The molecule has 3 N–H and O–H groups in total. The Balaban J connectivity index is 4.79. The first kappa shape index (κ1) is 9.32. The van der Waals surface area contributed by atoms with Gasteiger partial charge in [0.2, 0.25) is 0 Å². The molecule has 1 atom stereocenters. The highest BCUT2D eigenvalue weighted by atomic mass is 32.2. The summed E-state index contributed by atoms with van der Waals surface area (Å²) in [6, 6.07) is 0. The third kappa shape index (κ3) is 2.28. The van der Waals surface area contributed by atoms with E-state index in [4.69, 9.17) is 15.1 Å². The minimum Gasteiger partial charge on any atom is -0.511 e. The average molecular weight is 163 g/mol. The Morgan fingerprint density at radius 3 is 1.90 bits per heavy atom. The normalized spacial score (nSPS) is 15.9. The lowest BCUT2D eigenvalue weighted by Gasteiger charge is -1.99. The van der Waals surface area contributed by atoms with Gasteiger partial charge >= 0.3 is 0 Å². The molecule has 0 amide bonds. The van der Waals surface area contributed by atoms with Crippen molar-refractivity contribution in [1.82, 2.24) is 0 Å². The summed E-state index contributed by atoms with van der Waals surface area (Å²) in [6.07, 6.45) is 0. The Labute approximate surface area is 61.4 Å². The van der Waals surface area contributed by atoms with Gasteiger partial charge in [-0.1, -0.05) is 0 Å². The Bertz CT molecular complexity index is 189. The number of aliphatic hydroxyl groups excluding tert-OH is 1. The lowest BCUT2D eigenvalue weighted by Crippen LogP contribution is -2.04. The Hall–Kier alpha value is -0.680. The van der Waals surface area contributed by atoms with E-state index in [9.17, 15) is 4.21 Å². The number of hydrogen-bond acceptors (Lipinski definition) is 3. The third-order valence-corrected chi connectivity index (χ3v) is 1.79. The van der Waals surface area contributed by atoms with Crippen molar-refractivity contribution < 1.29 is 13.9 Å². The van der Waals surface area contributed by atoms with Crippen LogP contribution in [-0.4, -0.2) is 19.6 Å². The molecule has 4 nitrogen and oxygen atoms in total. The molecule has 0 aliphatic rings. The predicted octanol–water partition coefficient (Wildman–Crippen LogP) is 1.04. The fourth-order valence-corrected chi connectivity index (χ4v) is 1.04. The highest BCUT2D eigenvalue weighted by Crippen LogP contribution is 2.05. The van der Waals surface area contributed by atoms with Gasteiger partial charge in [-0.3, -0.25) is 0 Å². The van der Waals surface area contributed by atoms with Gasteiger partial charge in [0.15, 0.2) is 11.1 Å². The minimum atomic E-state index is -2.26. The fraction of sp³-hybridized carbons (Fsp3) is 0.400. The molecular formula is C5H9NO3S. The van der Waals surface area contributed by atoms with Gasteiger partial charge in [0.1, 0.15) is 10.7 Å². The van der Waals surface area contributed by atoms with Crippen LogP contribution in [0.2, 0.25) is 0 Å². The summed E-state index contributed by atoms with van der Waals surface area (Å²) in [5.41, 5.74) is -0.0965. The van der Waals surface area contributed by atoms with E-state index in [1.165, 1.54) is 13.8 Å². The van der Waals surface area contributed by atoms with Crippen molar-refractivity contribution in [2.45, 2.75) is 13.8 Å². The van der Waals surface area contributed by atoms with Crippen molar-refractivity contribution >= 4 is 16.8 Å². The molecule has 0 heterocycles. The monoisotopic (exact) mass is 163 g/mol. The number of hydrogen-bond donors (Lipinski definition) is 3. The van der Waals surface area contributed by atoms with Crippen LogP contribution in [-0.2, 0) is 11.1 Å². The summed E-state index contributed by atoms with van der Waals surface area (Å²) in [5.74, 6) is -0.284. The number of rotatable bonds is 2. The molecule has 58 valence electrons. The second-order valence-electron chi connectivity index (χ2n) is 1.79. The van der Waals surface area contributed by atoms with Gasteiger partial charge in [0.25, 0.3) is 0 Å². The Kier molecular flexibility index (Phi) is 3.24. The van der Waals surface area contributed by atoms with Crippen molar-refractivity contribution in [2.75, 3.05) is 0 Å². The molecular weight excluding hydrogens is 154 g/mol. The first-order chi connectivity index (χ1) is 4.46. The van der Waals surface area contributed by atoms with Gasteiger partial charge in [-0.15, -0.1) is 0 Å². The van der Waals surface area contributed by atoms with Crippen molar-refractivity contribution in [2.24, 2.45) is 0 Å². The first-order valence-corrected chi connectivity index (χ1v) is 3.63. The molecule has 5 heteroatoms. The maximum absolute atomic E-state index is 10.3. The quantitative estimate of drug-likeness (QED) is 0.323. The van der Waals surface area contributed by atoms with Gasteiger partial charge < -0.3 is 15.1 Å². The van der Waals surface area contributed by atoms with E-state index in [0.717, 1.165) is 0 Å². The summed E-state index contributed by atoms with van der Waals surface area (Å²) in [6.45, 7) is 2.60. The topological polar surface area (TPSA) is 81.4 Å². The molecule has 0 saturated heterocycles. The number of aliphatic hydroxyl groups is 1. The molecule has 0 saturated carbocycles. The van der Waals surface area contributed by atoms with Gasteiger partial charge in [0.05, 0.1) is 5.71 Å². The molecule has 0 radical (unpaired) electrons. The first-order valence-electron chi connectivity index (χ1n) is 2.53. The second-order valence-corrected chi connectivity index (χ2v) is 2.70. The van der Waals surface area contributed by atoms with E-state index in [-0.39, 0.29) is 16.4 Å². The molecule has 0 rings (SSSR count). The van der Waals surface area contributed by atoms with Gasteiger partial charge in [-0.05, 0) is 13.8 Å². The molecule has 10 heavy (non-hydrogen) atoms. The SMILES string of the molecule is CC(=N)/C(=C(/C)O)S(=O)O. The zero-order valence-electron chi connectivity index (χ0n) is 5.71. The van der Waals surface area contributed by atoms with E-state index in [0.29, 0.717) is 0 Å². The van der Waals surface area contributed by atoms with Crippen LogP contribution < -0.4 is 0 Å². The molecule has 0 aliphatic heterocycles. The standard InChI is InChI=1S/C5H9NO3S/c1-3(6)5(4(2)7)10(8)9/h6-7H,1-2H3,(H,8,9)/b5-4+,6-3?. The molecule has 0 aliphatic carbocycles. The number of allylic oxidation sites excluding steroid dienone is 2. The third-order valence-electron chi connectivity index (χ3n) is 0.844. The van der Waals surface area contributed by atoms with Gasteiger partial charge in [-0.25, -0.2) is 4.21 Å². The zero-order chi connectivity index (χ0) is 8.31. The van der Waals surface area contributed by atoms with Crippen LogP contribution in [0.15, 0.2) is 10.7 Å². The summed E-state index contributed by atoms with van der Waals surface area (Å²) >= 11 is -2.26. The van der Waals surface area contributed by atoms with Crippen LogP contribution in [0.1, 0.15) is 13.8 Å². The van der Waals surface area contributed by atoms with Crippen LogP contribution in [0, 0.1) is 5.41 Å². The van der Waals surface area contributed by atoms with E-state index in [2.05, 4.69) is 0 Å². The molecule has 0 aromatic rings. The minimum absolute atomic E-state index is 0.0965. The summed E-state index contributed by atoms with van der Waals surface area (Å²) in [4.78, 5) is -0.222.